The largest absolute Gasteiger partial charge is 0.309 e. The predicted molar refractivity (Wildman–Crippen MR) is 97.5 cm³/mol. The third-order valence-corrected chi connectivity index (χ3v) is 8.49. The average Bonchev–Trinajstić information content (AvgIpc) is 2.81. The van der Waals surface area contributed by atoms with Crippen molar-refractivity contribution < 1.29 is 4.57 Å². The van der Waals surface area contributed by atoms with E-state index >= 15 is 0 Å². The van der Waals surface area contributed by atoms with Gasteiger partial charge in [0, 0.05) is 19.5 Å². The van der Waals surface area contributed by atoms with Gasteiger partial charge in [-0.3, -0.25) is 0 Å². The minimum atomic E-state index is -2.75. The Kier molecular flexibility index (Phi) is 3.05. The van der Waals surface area contributed by atoms with Gasteiger partial charge in [0.15, 0.2) is 7.14 Å². The Morgan fingerprint density at radius 2 is 1.38 bits per heavy atom. The summed E-state index contributed by atoms with van der Waals surface area (Å²) < 4.78 is 15.2. The van der Waals surface area contributed by atoms with Crippen LogP contribution in [0.15, 0.2) is 72.8 Å². The molecule has 1 unspecified atom stereocenters. The molecule has 3 aromatic rings. The van der Waals surface area contributed by atoms with E-state index in [0.29, 0.717) is 0 Å². The van der Waals surface area contributed by atoms with Crippen molar-refractivity contribution in [2.75, 3.05) is 0 Å². The van der Waals surface area contributed by atoms with E-state index in [1.165, 1.54) is 0 Å². The highest BCUT2D eigenvalue weighted by Gasteiger charge is 2.41. The van der Waals surface area contributed by atoms with E-state index in [9.17, 15) is 4.57 Å². The number of benzene rings is 3. The molecule has 0 fully saturated rings. The van der Waals surface area contributed by atoms with Crippen molar-refractivity contribution in [2.24, 2.45) is 0 Å². The summed E-state index contributed by atoms with van der Waals surface area (Å²) in [5.41, 5.74) is 2.22. The number of hydrogen-bond acceptors (Lipinski definition) is 1. The van der Waals surface area contributed by atoms with Gasteiger partial charge in [0.25, 0.3) is 0 Å². The van der Waals surface area contributed by atoms with E-state index in [1.54, 1.807) is 0 Å². The lowest BCUT2D eigenvalue weighted by Crippen LogP contribution is -2.22. The Hall–Kier alpha value is -1.38. The van der Waals surface area contributed by atoms with Crippen LogP contribution in [0.25, 0.3) is 11.1 Å². The van der Waals surface area contributed by atoms with Gasteiger partial charge in [0.2, 0.25) is 0 Å². The minimum Gasteiger partial charge on any atom is -0.309 e. The lowest BCUT2D eigenvalue weighted by atomic mass is 10.1. The van der Waals surface area contributed by atoms with Crippen molar-refractivity contribution in [3.8, 4) is 11.1 Å². The van der Waals surface area contributed by atoms with E-state index in [4.69, 9.17) is 0 Å². The van der Waals surface area contributed by atoms with E-state index < -0.39 is 7.14 Å². The van der Waals surface area contributed by atoms with Gasteiger partial charge in [-0.1, -0.05) is 66.7 Å². The summed E-state index contributed by atoms with van der Waals surface area (Å²) in [5, 5.41) is 2.88. The van der Waals surface area contributed by atoms with Crippen LogP contribution in [-0.2, 0) is 4.57 Å². The Labute approximate surface area is 137 Å². The molecule has 0 bridgehead atoms. The van der Waals surface area contributed by atoms with E-state index in [2.05, 4.69) is 34.7 Å². The topological polar surface area (TPSA) is 17.1 Å². The van der Waals surface area contributed by atoms with Crippen LogP contribution in [0.4, 0.5) is 0 Å². The molecule has 1 aliphatic heterocycles. The molecule has 0 radical (unpaired) electrons. The van der Waals surface area contributed by atoms with Gasteiger partial charge >= 0.3 is 0 Å². The first kappa shape index (κ1) is 13.3. The van der Waals surface area contributed by atoms with E-state index in [0.717, 1.165) is 30.6 Å². The quantitative estimate of drug-likeness (QED) is 0.349. The van der Waals surface area contributed by atoms with Crippen LogP contribution >= 0.6 is 29.7 Å². The molecule has 0 aliphatic carbocycles. The third kappa shape index (κ3) is 1.79. The molecule has 0 amide bonds. The summed E-state index contributed by atoms with van der Waals surface area (Å²) in [6.45, 7) is 0. The van der Waals surface area contributed by atoms with Crippen molar-refractivity contribution >= 4 is 45.6 Å². The maximum absolute atomic E-state index is 14.1. The molecular formula is C18H12IOP. The van der Waals surface area contributed by atoms with Gasteiger partial charge in [-0.15, -0.1) is 0 Å². The standard InChI is InChI=1S/C18H12IOP/c19-16-11-6-10-15-14-9-4-5-12-17(14)21(20,18(15)16)13-7-2-1-3-8-13/h1-12H. The maximum Gasteiger partial charge on any atom is 0.173 e. The number of rotatable bonds is 1. The molecule has 21 heavy (non-hydrogen) atoms. The molecule has 1 nitrogen and oxygen atoms in total. The van der Waals surface area contributed by atoms with E-state index in [-0.39, 0.29) is 0 Å². The number of hydrogen-bond donors (Lipinski definition) is 0. The highest BCUT2D eigenvalue weighted by atomic mass is 127. The zero-order valence-corrected chi connectivity index (χ0v) is 14.2. The zero-order valence-electron chi connectivity index (χ0n) is 11.2. The SMILES string of the molecule is O=P1(c2ccccc2)c2ccccc2-c2cccc(I)c21. The van der Waals surface area contributed by atoms with Crippen LogP contribution in [0.1, 0.15) is 0 Å². The molecule has 1 heterocycles. The molecule has 3 heteroatoms. The molecule has 102 valence electrons. The summed E-state index contributed by atoms with van der Waals surface area (Å²) in [4.78, 5) is 0. The predicted octanol–water partition coefficient (Wildman–Crippen LogP) is 3.91. The normalized spacial score (nSPS) is 19.1. The second-order valence-electron chi connectivity index (χ2n) is 5.10. The van der Waals surface area contributed by atoms with E-state index in [1.807, 2.05) is 60.7 Å². The number of fused-ring (bicyclic) bond motifs is 3. The molecule has 0 aromatic heterocycles. The molecule has 1 atom stereocenters. The Balaban J connectivity index is 2.16. The van der Waals surface area contributed by atoms with Gasteiger partial charge in [0.1, 0.15) is 0 Å². The van der Waals surface area contributed by atoms with Crippen LogP contribution in [-0.4, -0.2) is 0 Å². The highest BCUT2D eigenvalue weighted by Crippen LogP contribution is 2.52. The Morgan fingerprint density at radius 3 is 2.19 bits per heavy atom. The van der Waals surface area contributed by atoms with Crippen LogP contribution < -0.4 is 15.9 Å². The third-order valence-electron chi connectivity index (χ3n) is 3.95. The smallest absolute Gasteiger partial charge is 0.173 e. The minimum absolute atomic E-state index is 0.917. The van der Waals surface area contributed by atoms with Gasteiger partial charge < -0.3 is 4.57 Å². The summed E-state index contributed by atoms with van der Waals surface area (Å²) in [6.07, 6.45) is 0. The van der Waals surface area contributed by atoms with Crippen LogP contribution in [0.2, 0.25) is 0 Å². The van der Waals surface area contributed by atoms with Crippen LogP contribution in [0.3, 0.4) is 0 Å². The van der Waals surface area contributed by atoms with Crippen molar-refractivity contribution in [3.05, 3.63) is 76.4 Å². The van der Waals surface area contributed by atoms with Crippen molar-refractivity contribution in [1.29, 1.82) is 0 Å². The Morgan fingerprint density at radius 1 is 0.714 bits per heavy atom. The molecule has 4 rings (SSSR count). The van der Waals surface area contributed by atoms with Crippen molar-refractivity contribution in [3.63, 3.8) is 0 Å². The summed E-state index contributed by atoms with van der Waals surface area (Å²) in [6, 6.07) is 24.1. The Bertz CT molecular complexity index is 887. The fourth-order valence-corrected chi connectivity index (χ4v) is 7.68. The molecule has 0 saturated carbocycles. The highest BCUT2D eigenvalue weighted by molar-refractivity contribution is 14.1. The summed E-state index contributed by atoms with van der Waals surface area (Å²) >= 11 is 2.30. The lowest BCUT2D eigenvalue weighted by molar-refractivity contribution is 0.593. The monoisotopic (exact) mass is 402 g/mol. The summed E-state index contributed by atoms with van der Waals surface area (Å²) in [5.74, 6) is 0. The van der Waals surface area contributed by atoms with Crippen molar-refractivity contribution in [1.82, 2.24) is 0 Å². The van der Waals surface area contributed by atoms with Gasteiger partial charge in [-0.25, -0.2) is 0 Å². The summed E-state index contributed by atoms with van der Waals surface area (Å²) in [7, 11) is -2.75. The fraction of sp³-hybridized carbons (Fsp3) is 0. The molecule has 3 aromatic carbocycles. The second-order valence-corrected chi connectivity index (χ2v) is 8.92. The first-order valence-electron chi connectivity index (χ1n) is 6.77. The van der Waals surface area contributed by atoms with Gasteiger partial charge in [0.05, 0.1) is 0 Å². The maximum atomic E-state index is 14.1. The number of halogens is 1. The van der Waals surface area contributed by atoms with Crippen LogP contribution in [0.5, 0.6) is 0 Å². The van der Waals surface area contributed by atoms with Crippen LogP contribution in [0, 0.1) is 3.57 Å². The molecule has 0 saturated heterocycles. The van der Waals surface area contributed by atoms with Gasteiger partial charge in [-0.05, 0) is 39.8 Å². The molecular weight excluding hydrogens is 390 g/mol. The molecule has 0 spiro atoms. The average molecular weight is 402 g/mol. The lowest BCUT2D eigenvalue weighted by Gasteiger charge is -2.16. The zero-order chi connectivity index (χ0) is 14.4. The molecule has 0 N–H and O–H groups in total. The van der Waals surface area contributed by atoms with Gasteiger partial charge in [-0.2, -0.15) is 0 Å². The molecule has 1 aliphatic rings. The van der Waals surface area contributed by atoms with Crippen molar-refractivity contribution in [2.45, 2.75) is 0 Å². The second kappa shape index (κ2) is 4.82. The first-order valence-corrected chi connectivity index (χ1v) is 9.56. The fourth-order valence-electron chi connectivity index (χ4n) is 3.06. The first-order chi connectivity index (χ1) is 10.2.